The van der Waals surface area contributed by atoms with Gasteiger partial charge in [-0.2, -0.15) is 0 Å². The minimum Gasteiger partial charge on any atom is -0.485 e. The van der Waals surface area contributed by atoms with E-state index in [-0.39, 0.29) is 6.10 Å². The number of fused-ring (bicyclic) bond motifs is 2. The molecule has 20 heavy (non-hydrogen) atoms. The van der Waals surface area contributed by atoms with Crippen molar-refractivity contribution in [2.45, 2.75) is 25.4 Å². The Morgan fingerprint density at radius 2 is 2.10 bits per heavy atom. The molecule has 0 aromatic heterocycles. The van der Waals surface area contributed by atoms with Crippen molar-refractivity contribution in [2.75, 3.05) is 0 Å². The third kappa shape index (κ3) is 1.88. The second kappa shape index (κ2) is 4.71. The standard InChI is InChI=1S/C18H16O2/c1-2-9-16-13(5-1)10-11-17(20-16)15-8-3-6-14-7-4-12-19-18(14)15/h1-5,7-9,12,17H,6,10-11H2. The van der Waals surface area contributed by atoms with E-state index >= 15 is 0 Å². The van der Waals surface area contributed by atoms with Crippen molar-refractivity contribution in [3.8, 4) is 5.75 Å². The summed E-state index contributed by atoms with van der Waals surface area (Å²) in [5.41, 5.74) is 3.71. The van der Waals surface area contributed by atoms with Crippen molar-refractivity contribution >= 4 is 0 Å². The van der Waals surface area contributed by atoms with Crippen molar-refractivity contribution in [3.63, 3.8) is 0 Å². The zero-order valence-corrected chi connectivity index (χ0v) is 11.2. The van der Waals surface area contributed by atoms with Gasteiger partial charge < -0.3 is 9.47 Å². The first-order valence-electron chi connectivity index (χ1n) is 7.10. The van der Waals surface area contributed by atoms with E-state index in [9.17, 15) is 0 Å². The summed E-state index contributed by atoms with van der Waals surface area (Å²) in [7, 11) is 0. The van der Waals surface area contributed by atoms with Crippen molar-refractivity contribution in [2.24, 2.45) is 0 Å². The Morgan fingerprint density at radius 3 is 3.10 bits per heavy atom. The number of para-hydroxylation sites is 1. The van der Waals surface area contributed by atoms with Crippen LogP contribution in [0.3, 0.4) is 0 Å². The normalized spacial score (nSPS) is 23.4. The Balaban J connectivity index is 1.69. The second-order valence-electron chi connectivity index (χ2n) is 5.28. The van der Waals surface area contributed by atoms with Gasteiger partial charge in [0.25, 0.3) is 0 Å². The summed E-state index contributed by atoms with van der Waals surface area (Å²) in [5.74, 6) is 1.99. The molecule has 0 amide bonds. The van der Waals surface area contributed by atoms with Gasteiger partial charge in [0.1, 0.15) is 17.6 Å². The first-order chi connectivity index (χ1) is 9.92. The molecule has 2 heteroatoms. The van der Waals surface area contributed by atoms with Crippen molar-refractivity contribution in [1.29, 1.82) is 0 Å². The molecular weight excluding hydrogens is 248 g/mol. The van der Waals surface area contributed by atoms with E-state index in [2.05, 4.69) is 36.4 Å². The van der Waals surface area contributed by atoms with E-state index < -0.39 is 0 Å². The zero-order chi connectivity index (χ0) is 13.4. The van der Waals surface area contributed by atoms with Crippen LogP contribution in [0.25, 0.3) is 0 Å². The van der Waals surface area contributed by atoms with Gasteiger partial charge in [-0.15, -0.1) is 0 Å². The summed E-state index contributed by atoms with van der Waals surface area (Å²) in [6, 6.07) is 8.30. The van der Waals surface area contributed by atoms with Crippen LogP contribution in [0, 0.1) is 0 Å². The van der Waals surface area contributed by atoms with Crippen LogP contribution < -0.4 is 4.74 Å². The summed E-state index contributed by atoms with van der Waals surface area (Å²) in [4.78, 5) is 0. The number of rotatable bonds is 1. The Bertz CT molecular complexity index is 662. The van der Waals surface area contributed by atoms with Gasteiger partial charge in [0, 0.05) is 5.57 Å². The highest BCUT2D eigenvalue weighted by Crippen LogP contribution is 2.36. The molecule has 1 atom stereocenters. The lowest BCUT2D eigenvalue weighted by atomic mass is 9.90. The fraction of sp³-hybridized carbons (Fsp3) is 0.222. The van der Waals surface area contributed by atoms with Crippen molar-refractivity contribution in [3.05, 3.63) is 77.3 Å². The third-order valence-electron chi connectivity index (χ3n) is 4.02. The van der Waals surface area contributed by atoms with Crippen molar-refractivity contribution < 1.29 is 9.47 Å². The molecule has 0 saturated heterocycles. The first-order valence-corrected chi connectivity index (χ1v) is 7.10. The molecule has 0 N–H and O–H groups in total. The van der Waals surface area contributed by atoms with E-state index in [4.69, 9.17) is 9.47 Å². The molecule has 1 unspecified atom stereocenters. The molecule has 2 aliphatic heterocycles. The molecule has 1 aromatic rings. The highest BCUT2D eigenvalue weighted by Gasteiger charge is 2.27. The Labute approximate surface area is 118 Å². The highest BCUT2D eigenvalue weighted by molar-refractivity contribution is 5.48. The van der Waals surface area contributed by atoms with E-state index in [1.165, 1.54) is 16.7 Å². The maximum absolute atomic E-state index is 6.18. The average molecular weight is 264 g/mol. The molecule has 0 bridgehead atoms. The summed E-state index contributed by atoms with van der Waals surface area (Å²) >= 11 is 0. The highest BCUT2D eigenvalue weighted by atomic mass is 16.5. The minimum atomic E-state index is 0.0892. The van der Waals surface area contributed by atoms with Gasteiger partial charge in [0.15, 0.2) is 0 Å². The Hall–Kier alpha value is -2.22. The monoisotopic (exact) mass is 264 g/mol. The SMILES string of the molecule is C1=COC2=C(C3CCc4ccccc4O3)C=CCC2=C1. The van der Waals surface area contributed by atoms with E-state index in [0.29, 0.717) is 0 Å². The minimum absolute atomic E-state index is 0.0892. The second-order valence-corrected chi connectivity index (χ2v) is 5.28. The van der Waals surface area contributed by atoms with Crippen LogP contribution in [0.2, 0.25) is 0 Å². The molecule has 0 saturated carbocycles. The van der Waals surface area contributed by atoms with Crippen LogP contribution in [0.1, 0.15) is 18.4 Å². The van der Waals surface area contributed by atoms with Crippen LogP contribution in [0.15, 0.2) is 71.7 Å². The van der Waals surface area contributed by atoms with Crippen LogP contribution in [-0.2, 0) is 11.2 Å². The number of aryl methyl sites for hydroxylation is 1. The van der Waals surface area contributed by atoms with Crippen LogP contribution >= 0.6 is 0 Å². The van der Waals surface area contributed by atoms with Crippen LogP contribution in [-0.4, -0.2) is 6.10 Å². The van der Waals surface area contributed by atoms with Gasteiger partial charge in [-0.05, 0) is 42.5 Å². The largest absolute Gasteiger partial charge is 0.485 e. The zero-order valence-electron chi connectivity index (χ0n) is 11.2. The lowest BCUT2D eigenvalue weighted by Gasteiger charge is -2.30. The Morgan fingerprint density at radius 1 is 1.15 bits per heavy atom. The maximum Gasteiger partial charge on any atom is 0.136 e. The lowest BCUT2D eigenvalue weighted by molar-refractivity contribution is 0.202. The van der Waals surface area contributed by atoms with Gasteiger partial charge in [-0.25, -0.2) is 0 Å². The maximum atomic E-state index is 6.18. The molecule has 4 rings (SSSR count). The average Bonchev–Trinajstić information content (AvgIpc) is 2.54. The molecule has 100 valence electrons. The van der Waals surface area contributed by atoms with Crippen LogP contribution in [0.4, 0.5) is 0 Å². The molecule has 1 aromatic carbocycles. The van der Waals surface area contributed by atoms with Gasteiger partial charge >= 0.3 is 0 Å². The molecule has 2 nitrogen and oxygen atoms in total. The predicted octanol–water partition coefficient (Wildman–Crippen LogP) is 4.06. The van der Waals surface area contributed by atoms with E-state index in [1.54, 1.807) is 6.26 Å². The number of hydrogen-bond donors (Lipinski definition) is 0. The topological polar surface area (TPSA) is 18.5 Å². The fourth-order valence-corrected chi connectivity index (χ4v) is 3.01. The summed E-state index contributed by atoms with van der Waals surface area (Å²) in [6.45, 7) is 0. The predicted molar refractivity (Wildman–Crippen MR) is 78.3 cm³/mol. The van der Waals surface area contributed by atoms with Gasteiger partial charge in [-0.3, -0.25) is 0 Å². The van der Waals surface area contributed by atoms with Gasteiger partial charge in [0.05, 0.1) is 6.26 Å². The van der Waals surface area contributed by atoms with E-state index in [0.717, 1.165) is 30.8 Å². The molecular formula is C18H16O2. The number of hydrogen-bond acceptors (Lipinski definition) is 2. The summed E-state index contributed by atoms with van der Waals surface area (Å²) < 4.78 is 11.9. The van der Waals surface area contributed by atoms with Gasteiger partial charge in [-0.1, -0.05) is 36.4 Å². The van der Waals surface area contributed by atoms with Gasteiger partial charge in [0.2, 0.25) is 0 Å². The Kier molecular flexibility index (Phi) is 2.73. The molecule has 0 fully saturated rings. The van der Waals surface area contributed by atoms with Crippen molar-refractivity contribution in [1.82, 2.24) is 0 Å². The number of ether oxygens (including phenoxy) is 2. The number of allylic oxidation sites excluding steroid dienone is 4. The lowest BCUT2D eigenvalue weighted by Crippen LogP contribution is -2.26. The summed E-state index contributed by atoms with van der Waals surface area (Å²) in [5, 5.41) is 0. The molecule has 0 radical (unpaired) electrons. The molecule has 0 spiro atoms. The molecule has 3 aliphatic rings. The molecule has 1 aliphatic carbocycles. The third-order valence-corrected chi connectivity index (χ3v) is 4.02. The van der Waals surface area contributed by atoms with Crippen LogP contribution in [0.5, 0.6) is 5.75 Å². The first kappa shape index (κ1) is 11.6. The molecule has 2 heterocycles. The fourth-order valence-electron chi connectivity index (χ4n) is 3.01. The smallest absolute Gasteiger partial charge is 0.136 e. The quantitative estimate of drug-likeness (QED) is 0.761. The summed E-state index contributed by atoms with van der Waals surface area (Å²) in [6.07, 6.45) is 13.3. The number of benzene rings is 1. The van der Waals surface area contributed by atoms with E-state index in [1.807, 2.05) is 12.1 Å².